The van der Waals surface area contributed by atoms with Crippen molar-refractivity contribution in [3.63, 3.8) is 0 Å². The molecule has 1 aromatic heterocycles. The zero-order valence-electron chi connectivity index (χ0n) is 12.9. The number of aromatic nitrogens is 2. The van der Waals surface area contributed by atoms with Crippen LogP contribution in [0.5, 0.6) is 0 Å². The maximum absolute atomic E-state index is 14.2. The topological polar surface area (TPSA) is 59.0 Å². The number of hydrogen-bond acceptors (Lipinski definition) is 3. The lowest BCUT2D eigenvalue weighted by Crippen LogP contribution is -2.57. The SMILES string of the molecule is O=C(NC1CNC1)c1nn(-c2ccc(F)cc2F)c2c1C[C@H]1C[C@@H]21. The molecule has 2 aliphatic carbocycles. The summed E-state index contributed by atoms with van der Waals surface area (Å²) in [6.45, 7) is 1.51. The Hall–Kier alpha value is -2.28. The van der Waals surface area contributed by atoms with Crippen LogP contribution in [0.2, 0.25) is 0 Å². The maximum Gasteiger partial charge on any atom is 0.272 e. The van der Waals surface area contributed by atoms with Crippen LogP contribution in [0.25, 0.3) is 5.69 Å². The number of hydrogen-bond donors (Lipinski definition) is 2. The molecule has 2 aromatic rings. The summed E-state index contributed by atoms with van der Waals surface area (Å²) in [5, 5.41) is 10.5. The van der Waals surface area contributed by atoms with Gasteiger partial charge in [-0.1, -0.05) is 0 Å². The maximum atomic E-state index is 14.2. The van der Waals surface area contributed by atoms with Crippen LogP contribution in [0, 0.1) is 17.6 Å². The van der Waals surface area contributed by atoms with Crippen LogP contribution < -0.4 is 10.6 Å². The number of carbonyl (C=O) groups excluding carboxylic acids is 1. The Morgan fingerprint density at radius 2 is 2.17 bits per heavy atom. The molecule has 2 heterocycles. The molecular weight excluding hydrogens is 314 g/mol. The van der Waals surface area contributed by atoms with Gasteiger partial charge < -0.3 is 10.6 Å². The minimum atomic E-state index is -0.667. The Bertz CT molecular complexity index is 859. The van der Waals surface area contributed by atoms with Crippen LogP contribution >= 0.6 is 0 Å². The van der Waals surface area contributed by atoms with E-state index >= 15 is 0 Å². The Balaban J connectivity index is 1.58. The van der Waals surface area contributed by atoms with Gasteiger partial charge in [0.05, 0.1) is 11.7 Å². The van der Waals surface area contributed by atoms with Gasteiger partial charge in [0.15, 0.2) is 11.5 Å². The molecule has 1 saturated heterocycles. The summed E-state index contributed by atoms with van der Waals surface area (Å²) in [6.07, 6.45) is 1.86. The van der Waals surface area contributed by atoms with Gasteiger partial charge in [-0.25, -0.2) is 13.5 Å². The Morgan fingerprint density at radius 3 is 2.88 bits per heavy atom. The number of fused-ring (bicyclic) bond motifs is 3. The Labute approximate surface area is 137 Å². The van der Waals surface area contributed by atoms with Crippen molar-refractivity contribution in [2.45, 2.75) is 24.8 Å². The van der Waals surface area contributed by atoms with Crippen LogP contribution in [0.3, 0.4) is 0 Å². The van der Waals surface area contributed by atoms with Crippen LogP contribution in [-0.2, 0) is 6.42 Å². The highest BCUT2D eigenvalue weighted by atomic mass is 19.1. The third kappa shape index (κ3) is 2.00. The third-order valence-electron chi connectivity index (χ3n) is 5.23. The van der Waals surface area contributed by atoms with E-state index in [2.05, 4.69) is 15.7 Å². The molecule has 24 heavy (non-hydrogen) atoms. The Kier molecular flexibility index (Phi) is 2.85. The van der Waals surface area contributed by atoms with Crippen LogP contribution in [-0.4, -0.2) is 34.8 Å². The summed E-state index contributed by atoms with van der Waals surface area (Å²) in [5.41, 5.74) is 2.42. The Morgan fingerprint density at radius 1 is 1.33 bits per heavy atom. The van der Waals surface area contributed by atoms with Crippen molar-refractivity contribution in [1.29, 1.82) is 0 Å². The molecule has 0 spiro atoms. The molecule has 124 valence electrons. The van der Waals surface area contributed by atoms with Crippen molar-refractivity contribution in [2.24, 2.45) is 5.92 Å². The second-order valence-electron chi connectivity index (χ2n) is 6.85. The number of rotatable bonds is 3. The molecule has 2 atom stereocenters. The normalized spacial score (nSPS) is 24.2. The summed E-state index contributed by atoms with van der Waals surface area (Å²) in [6, 6.07) is 3.57. The second kappa shape index (κ2) is 4.86. The largest absolute Gasteiger partial charge is 0.345 e. The smallest absolute Gasteiger partial charge is 0.272 e. The van der Waals surface area contributed by atoms with E-state index in [0.717, 1.165) is 43.3 Å². The zero-order chi connectivity index (χ0) is 16.4. The molecule has 1 aromatic carbocycles. The van der Waals surface area contributed by atoms with Crippen molar-refractivity contribution >= 4 is 5.91 Å². The predicted octanol–water partition coefficient (Wildman–Crippen LogP) is 1.51. The van der Waals surface area contributed by atoms with Gasteiger partial charge in [0, 0.05) is 30.6 Å². The highest BCUT2D eigenvalue weighted by Gasteiger charge is 2.50. The first-order valence-corrected chi connectivity index (χ1v) is 8.20. The van der Waals surface area contributed by atoms with Crippen molar-refractivity contribution in [2.75, 3.05) is 13.1 Å². The van der Waals surface area contributed by atoms with Gasteiger partial charge in [-0.05, 0) is 30.9 Å². The first-order valence-electron chi connectivity index (χ1n) is 8.20. The van der Waals surface area contributed by atoms with Gasteiger partial charge in [0.1, 0.15) is 11.5 Å². The van der Waals surface area contributed by atoms with E-state index in [9.17, 15) is 13.6 Å². The number of nitrogens with one attached hydrogen (secondary N) is 2. The van der Waals surface area contributed by atoms with Crippen molar-refractivity contribution in [3.8, 4) is 5.69 Å². The standard InChI is InChI=1S/C17H16F2N4O/c18-9-1-2-14(13(19)5-9)23-16-11-3-8(11)4-12(16)15(22-23)17(24)21-10-6-20-7-10/h1-2,5,8,10-11,20H,3-4,6-7H2,(H,21,24)/t8-,11-/m1/s1. The molecule has 1 amide bonds. The van der Waals surface area contributed by atoms with Crippen LogP contribution in [0.1, 0.15) is 34.1 Å². The van der Waals surface area contributed by atoms with E-state index in [1.807, 2.05) is 0 Å². The summed E-state index contributed by atoms with van der Waals surface area (Å²) < 4.78 is 28.9. The number of halogens is 2. The van der Waals surface area contributed by atoms with E-state index in [1.165, 1.54) is 16.8 Å². The molecule has 1 saturated carbocycles. The molecular formula is C17H16F2N4O. The van der Waals surface area contributed by atoms with Crippen LogP contribution in [0.15, 0.2) is 18.2 Å². The quantitative estimate of drug-likeness (QED) is 0.897. The fourth-order valence-electron chi connectivity index (χ4n) is 3.78. The molecule has 3 aliphatic rings. The molecule has 7 heteroatoms. The van der Waals surface area contributed by atoms with Gasteiger partial charge in [0.2, 0.25) is 0 Å². The van der Waals surface area contributed by atoms with Crippen molar-refractivity contribution in [3.05, 3.63) is 46.8 Å². The van der Waals surface area contributed by atoms with Gasteiger partial charge >= 0.3 is 0 Å². The van der Waals surface area contributed by atoms with Gasteiger partial charge in [0.25, 0.3) is 5.91 Å². The number of amides is 1. The zero-order valence-corrected chi connectivity index (χ0v) is 12.9. The lowest BCUT2D eigenvalue weighted by Gasteiger charge is -2.27. The molecule has 0 bridgehead atoms. The molecule has 0 radical (unpaired) electrons. The van der Waals surface area contributed by atoms with E-state index < -0.39 is 11.6 Å². The average molecular weight is 330 g/mol. The monoisotopic (exact) mass is 330 g/mol. The van der Waals surface area contributed by atoms with Gasteiger partial charge in [-0.15, -0.1) is 0 Å². The minimum Gasteiger partial charge on any atom is -0.345 e. The van der Waals surface area contributed by atoms with Crippen LogP contribution in [0.4, 0.5) is 8.78 Å². The molecule has 1 aliphatic heterocycles. The van der Waals surface area contributed by atoms with E-state index in [1.54, 1.807) is 0 Å². The first kappa shape index (κ1) is 14.1. The first-order chi connectivity index (χ1) is 11.6. The molecule has 5 nitrogen and oxygen atoms in total. The molecule has 2 fully saturated rings. The highest BCUT2D eigenvalue weighted by Crippen LogP contribution is 2.57. The van der Waals surface area contributed by atoms with Gasteiger partial charge in [-0.2, -0.15) is 5.10 Å². The second-order valence-corrected chi connectivity index (χ2v) is 6.85. The van der Waals surface area contributed by atoms with E-state index in [4.69, 9.17) is 0 Å². The fraction of sp³-hybridized carbons (Fsp3) is 0.412. The minimum absolute atomic E-state index is 0.122. The summed E-state index contributed by atoms with van der Waals surface area (Å²) in [7, 11) is 0. The fourth-order valence-corrected chi connectivity index (χ4v) is 3.78. The summed E-state index contributed by atoms with van der Waals surface area (Å²) >= 11 is 0. The number of carbonyl (C=O) groups is 1. The average Bonchev–Trinajstić information content (AvgIpc) is 3.00. The molecule has 2 N–H and O–H groups in total. The van der Waals surface area contributed by atoms with E-state index in [-0.39, 0.29) is 17.6 Å². The van der Waals surface area contributed by atoms with Crippen molar-refractivity contribution < 1.29 is 13.6 Å². The van der Waals surface area contributed by atoms with Crippen molar-refractivity contribution in [1.82, 2.24) is 20.4 Å². The lowest BCUT2D eigenvalue weighted by atomic mass is 10.1. The molecule has 5 rings (SSSR count). The molecule has 0 unspecified atom stereocenters. The number of benzene rings is 1. The predicted molar refractivity (Wildman–Crippen MR) is 82.2 cm³/mol. The third-order valence-corrected chi connectivity index (χ3v) is 5.23. The summed E-state index contributed by atoms with van der Waals surface area (Å²) in [5.74, 6) is -0.631. The summed E-state index contributed by atoms with van der Waals surface area (Å²) in [4.78, 5) is 12.5. The highest BCUT2D eigenvalue weighted by molar-refractivity contribution is 5.94. The lowest BCUT2D eigenvalue weighted by molar-refractivity contribution is 0.0917. The van der Waals surface area contributed by atoms with Gasteiger partial charge in [-0.3, -0.25) is 4.79 Å². The van der Waals surface area contributed by atoms with E-state index in [0.29, 0.717) is 17.5 Å². The number of nitrogens with zero attached hydrogens (tertiary/aromatic N) is 2.